The first-order chi connectivity index (χ1) is 12.7. The third-order valence-electron chi connectivity index (χ3n) is 4.78. The number of amides is 1. The number of nitrogens with zero attached hydrogens (tertiary/aromatic N) is 2. The summed E-state index contributed by atoms with van der Waals surface area (Å²) in [6.07, 6.45) is 0.984. The van der Waals surface area contributed by atoms with Crippen LogP contribution in [-0.4, -0.2) is 56.1 Å². The molecule has 2 aromatic carbocycles. The lowest BCUT2D eigenvalue weighted by atomic mass is 10.2. The van der Waals surface area contributed by atoms with E-state index in [4.69, 9.17) is 9.47 Å². The molecule has 0 unspecified atom stereocenters. The van der Waals surface area contributed by atoms with Gasteiger partial charge in [-0.05, 0) is 48.4 Å². The number of hydrogen-bond acceptors (Lipinski definition) is 4. The quantitative estimate of drug-likeness (QED) is 0.828. The van der Waals surface area contributed by atoms with E-state index in [1.165, 1.54) is 5.56 Å². The molecule has 26 heavy (non-hydrogen) atoms. The maximum atomic E-state index is 12.7. The van der Waals surface area contributed by atoms with Crippen LogP contribution in [0.15, 0.2) is 48.5 Å². The zero-order valence-corrected chi connectivity index (χ0v) is 15.5. The van der Waals surface area contributed by atoms with Gasteiger partial charge in [0.05, 0.1) is 14.2 Å². The Morgan fingerprint density at radius 2 is 1.46 bits per heavy atom. The molecule has 1 amide bonds. The van der Waals surface area contributed by atoms with Gasteiger partial charge in [0, 0.05) is 38.3 Å². The number of ether oxygens (including phenoxy) is 2. The predicted molar refractivity (Wildman–Crippen MR) is 102 cm³/mol. The van der Waals surface area contributed by atoms with Gasteiger partial charge in [0.1, 0.15) is 11.5 Å². The second-order valence-corrected chi connectivity index (χ2v) is 6.50. The molecule has 3 rings (SSSR count). The van der Waals surface area contributed by atoms with Gasteiger partial charge < -0.3 is 14.4 Å². The van der Waals surface area contributed by atoms with Gasteiger partial charge in [-0.15, -0.1) is 0 Å². The molecule has 0 N–H and O–H groups in total. The molecule has 1 aliphatic heterocycles. The summed E-state index contributed by atoms with van der Waals surface area (Å²) < 4.78 is 10.4. The van der Waals surface area contributed by atoms with Gasteiger partial charge in [-0.3, -0.25) is 9.69 Å². The average molecular weight is 354 g/mol. The van der Waals surface area contributed by atoms with Crippen molar-refractivity contribution >= 4 is 5.91 Å². The maximum absolute atomic E-state index is 12.7. The molecule has 138 valence electrons. The lowest BCUT2D eigenvalue weighted by molar-refractivity contribution is 0.0761. The van der Waals surface area contributed by atoms with Crippen LogP contribution in [0.4, 0.5) is 0 Å². The summed E-state index contributed by atoms with van der Waals surface area (Å²) in [6, 6.07) is 15.5. The molecule has 0 bridgehead atoms. The highest BCUT2D eigenvalue weighted by atomic mass is 16.5. The monoisotopic (exact) mass is 354 g/mol. The van der Waals surface area contributed by atoms with Crippen LogP contribution in [0, 0.1) is 0 Å². The Morgan fingerprint density at radius 1 is 0.846 bits per heavy atom. The van der Waals surface area contributed by atoms with Gasteiger partial charge >= 0.3 is 0 Å². The van der Waals surface area contributed by atoms with Crippen LogP contribution in [0.25, 0.3) is 0 Å². The van der Waals surface area contributed by atoms with Crippen LogP contribution in [0.5, 0.6) is 11.5 Å². The van der Waals surface area contributed by atoms with E-state index in [1.807, 2.05) is 41.3 Å². The molecule has 0 atom stereocenters. The van der Waals surface area contributed by atoms with E-state index in [0.717, 1.165) is 56.2 Å². The Bertz CT molecular complexity index is 713. The third-order valence-corrected chi connectivity index (χ3v) is 4.78. The number of carbonyl (C=O) groups is 1. The fourth-order valence-electron chi connectivity index (χ4n) is 3.24. The van der Waals surface area contributed by atoms with Crippen LogP contribution in [-0.2, 0) is 6.54 Å². The van der Waals surface area contributed by atoms with Gasteiger partial charge in [0.2, 0.25) is 0 Å². The average Bonchev–Trinajstić information content (AvgIpc) is 2.94. The van der Waals surface area contributed by atoms with Crippen LogP contribution < -0.4 is 9.47 Å². The second kappa shape index (κ2) is 8.72. The second-order valence-electron chi connectivity index (χ2n) is 6.50. The first-order valence-corrected chi connectivity index (χ1v) is 8.98. The molecule has 2 aromatic rings. The third kappa shape index (κ3) is 4.55. The number of carbonyl (C=O) groups excluding carboxylic acids is 1. The van der Waals surface area contributed by atoms with E-state index >= 15 is 0 Å². The van der Waals surface area contributed by atoms with E-state index in [0.29, 0.717) is 0 Å². The molecule has 5 heteroatoms. The first kappa shape index (κ1) is 18.3. The number of rotatable bonds is 5. The van der Waals surface area contributed by atoms with Crippen LogP contribution in [0.2, 0.25) is 0 Å². The number of hydrogen-bond donors (Lipinski definition) is 0. The molecule has 5 nitrogen and oxygen atoms in total. The van der Waals surface area contributed by atoms with E-state index in [2.05, 4.69) is 17.0 Å². The highest BCUT2D eigenvalue weighted by molar-refractivity contribution is 5.94. The Labute approximate surface area is 155 Å². The van der Waals surface area contributed by atoms with Crippen molar-refractivity contribution in [2.24, 2.45) is 0 Å². The Balaban J connectivity index is 1.57. The van der Waals surface area contributed by atoms with Crippen molar-refractivity contribution in [3.05, 3.63) is 59.7 Å². The number of benzene rings is 2. The zero-order chi connectivity index (χ0) is 18.4. The van der Waals surface area contributed by atoms with E-state index in [1.54, 1.807) is 14.2 Å². The molecular formula is C21H26N2O3. The fourth-order valence-corrected chi connectivity index (χ4v) is 3.24. The molecule has 0 saturated carbocycles. The Morgan fingerprint density at radius 3 is 2.08 bits per heavy atom. The standard InChI is InChI=1S/C21H26N2O3/c1-25-19-8-4-17(5-9-19)16-22-12-3-13-23(15-14-22)21(24)18-6-10-20(26-2)11-7-18/h4-11H,3,12-16H2,1-2H3. The topological polar surface area (TPSA) is 42.0 Å². The molecule has 0 aromatic heterocycles. The minimum atomic E-state index is 0.0963. The Hall–Kier alpha value is -2.53. The highest BCUT2D eigenvalue weighted by Crippen LogP contribution is 2.16. The van der Waals surface area contributed by atoms with Gasteiger partial charge in [0.15, 0.2) is 0 Å². The highest BCUT2D eigenvalue weighted by Gasteiger charge is 2.20. The predicted octanol–water partition coefficient (Wildman–Crippen LogP) is 3.05. The molecule has 1 fully saturated rings. The summed E-state index contributed by atoms with van der Waals surface area (Å²) in [7, 11) is 3.31. The summed E-state index contributed by atoms with van der Waals surface area (Å²) in [6.45, 7) is 4.33. The normalized spacial score (nSPS) is 15.4. The van der Waals surface area contributed by atoms with E-state index in [9.17, 15) is 4.79 Å². The summed E-state index contributed by atoms with van der Waals surface area (Å²) >= 11 is 0. The van der Waals surface area contributed by atoms with Crippen LogP contribution in [0.1, 0.15) is 22.3 Å². The summed E-state index contributed by atoms with van der Waals surface area (Å²) in [5, 5.41) is 0. The van der Waals surface area contributed by atoms with Crippen molar-refractivity contribution in [1.82, 2.24) is 9.80 Å². The molecule has 0 radical (unpaired) electrons. The van der Waals surface area contributed by atoms with Gasteiger partial charge in [-0.1, -0.05) is 12.1 Å². The Kier molecular flexibility index (Phi) is 6.12. The van der Waals surface area contributed by atoms with Gasteiger partial charge in [-0.2, -0.15) is 0 Å². The van der Waals surface area contributed by atoms with Crippen molar-refractivity contribution in [1.29, 1.82) is 0 Å². The van der Waals surface area contributed by atoms with Crippen molar-refractivity contribution in [2.45, 2.75) is 13.0 Å². The van der Waals surface area contributed by atoms with E-state index < -0.39 is 0 Å². The lowest BCUT2D eigenvalue weighted by Gasteiger charge is -2.22. The minimum absolute atomic E-state index is 0.0963. The van der Waals surface area contributed by atoms with Crippen molar-refractivity contribution in [3.8, 4) is 11.5 Å². The molecule has 0 spiro atoms. The molecule has 0 aliphatic carbocycles. The van der Waals surface area contributed by atoms with Gasteiger partial charge in [0.25, 0.3) is 5.91 Å². The molecule has 1 heterocycles. The van der Waals surface area contributed by atoms with Crippen LogP contribution >= 0.6 is 0 Å². The van der Waals surface area contributed by atoms with E-state index in [-0.39, 0.29) is 5.91 Å². The van der Waals surface area contributed by atoms with Gasteiger partial charge in [-0.25, -0.2) is 0 Å². The summed E-state index contributed by atoms with van der Waals surface area (Å²) in [4.78, 5) is 17.1. The van der Waals surface area contributed by atoms with Crippen LogP contribution in [0.3, 0.4) is 0 Å². The smallest absolute Gasteiger partial charge is 0.253 e. The molecular weight excluding hydrogens is 328 g/mol. The minimum Gasteiger partial charge on any atom is -0.497 e. The SMILES string of the molecule is COc1ccc(CN2CCCN(C(=O)c3ccc(OC)cc3)CC2)cc1. The molecule has 1 saturated heterocycles. The zero-order valence-electron chi connectivity index (χ0n) is 15.5. The lowest BCUT2D eigenvalue weighted by Crippen LogP contribution is -2.35. The fraction of sp³-hybridized carbons (Fsp3) is 0.381. The maximum Gasteiger partial charge on any atom is 0.253 e. The number of methoxy groups -OCH3 is 2. The van der Waals surface area contributed by atoms with Crippen molar-refractivity contribution < 1.29 is 14.3 Å². The summed E-state index contributed by atoms with van der Waals surface area (Å²) in [5.41, 5.74) is 1.98. The molecule has 1 aliphatic rings. The first-order valence-electron chi connectivity index (χ1n) is 8.98. The van der Waals surface area contributed by atoms with Crippen molar-refractivity contribution in [2.75, 3.05) is 40.4 Å². The summed E-state index contributed by atoms with van der Waals surface area (Å²) in [5.74, 6) is 1.74. The van der Waals surface area contributed by atoms with Crippen molar-refractivity contribution in [3.63, 3.8) is 0 Å². The largest absolute Gasteiger partial charge is 0.497 e.